The van der Waals surface area contributed by atoms with Crippen LogP contribution in [-0.4, -0.2) is 23.7 Å². The molecule has 6 heteroatoms. The Morgan fingerprint density at radius 3 is 1.71 bits per heavy atom. The number of hydrogen-bond donors (Lipinski definition) is 0. The molecule has 1 aliphatic carbocycles. The second kappa shape index (κ2) is 12.6. The van der Waals surface area contributed by atoms with Crippen LogP contribution in [0.25, 0.3) is 147 Å². The first kappa shape index (κ1) is 34.9. The summed E-state index contributed by atoms with van der Waals surface area (Å²) in [5, 5.41) is 14.8. The summed E-state index contributed by atoms with van der Waals surface area (Å²) in [7, 11) is 0. The van der Waals surface area contributed by atoms with E-state index in [1.165, 1.54) is 91.6 Å². The number of fused-ring (bicyclic) bond motifs is 9. The molecule has 0 aliphatic heterocycles. The zero-order chi connectivity index (χ0) is 42.8. The minimum atomic E-state index is 0.668. The van der Waals surface area contributed by atoms with Gasteiger partial charge < -0.3 is 9.13 Å². The molecule has 0 saturated heterocycles. The Hall–Kier alpha value is -8.58. The van der Waals surface area contributed by atoms with Crippen LogP contribution in [0, 0.1) is 0 Å². The van der Waals surface area contributed by atoms with Crippen molar-refractivity contribution in [2.75, 3.05) is 0 Å². The van der Waals surface area contributed by atoms with Gasteiger partial charge in [-0.2, -0.15) is 0 Å². The second-order valence-electron chi connectivity index (χ2n) is 17.7. The number of hydrogen-bond acceptors (Lipinski definition) is 3. The van der Waals surface area contributed by atoms with Gasteiger partial charge in [-0.15, -0.1) is 11.3 Å². The van der Waals surface area contributed by atoms with Gasteiger partial charge in [0.25, 0.3) is 0 Å². The summed E-state index contributed by atoms with van der Waals surface area (Å²) < 4.78 is 8.40. The molecule has 5 nitrogen and oxygen atoms in total. The molecule has 5 aromatic heterocycles. The maximum Gasteiger partial charge on any atom is 0.236 e. The fourth-order valence-corrected chi connectivity index (χ4v) is 12.8. The van der Waals surface area contributed by atoms with Crippen molar-refractivity contribution in [3.63, 3.8) is 0 Å². The third-order valence-electron chi connectivity index (χ3n) is 14.4. The summed E-state index contributed by atoms with van der Waals surface area (Å²) >= 11 is 1.74. The molecule has 304 valence electrons. The lowest BCUT2D eigenvalue weighted by Crippen LogP contribution is -2.03. The minimum absolute atomic E-state index is 0.668. The molecule has 0 radical (unpaired) electrons. The van der Waals surface area contributed by atoms with Crippen molar-refractivity contribution in [3.05, 3.63) is 200 Å². The first-order valence-corrected chi connectivity index (χ1v) is 23.3. The van der Waals surface area contributed by atoms with Crippen LogP contribution in [0.1, 0.15) is 0 Å². The minimum Gasteiger partial charge on any atom is -0.309 e. The van der Waals surface area contributed by atoms with Gasteiger partial charge in [-0.3, -0.25) is 4.57 Å². The first-order valence-electron chi connectivity index (χ1n) is 22.5. The van der Waals surface area contributed by atoms with Crippen LogP contribution < -0.4 is 0 Å². The van der Waals surface area contributed by atoms with Gasteiger partial charge in [-0.05, 0) is 99.4 Å². The van der Waals surface area contributed by atoms with Crippen LogP contribution in [0.5, 0.6) is 0 Å². The van der Waals surface area contributed by atoms with E-state index in [1.807, 2.05) is 0 Å². The normalized spacial score (nSPS) is 12.5. The molecule has 66 heavy (non-hydrogen) atoms. The molecule has 0 saturated carbocycles. The molecular formula is C60H33N5S. The highest BCUT2D eigenvalue weighted by atomic mass is 32.1. The average Bonchev–Trinajstić information content (AvgIpc) is 4.10. The number of aromatic nitrogens is 5. The Morgan fingerprint density at radius 2 is 0.909 bits per heavy atom. The smallest absolute Gasteiger partial charge is 0.236 e. The predicted molar refractivity (Wildman–Crippen MR) is 277 cm³/mol. The van der Waals surface area contributed by atoms with E-state index in [9.17, 15) is 0 Å². The SMILES string of the molecule is c1ccc(-n2c3cc(-c4nc(-n5c6cccc7c6c6c8c9c%10c-7cccc%10ccc9n(-c7ccccc7)c8ccc65)nc5sc6ccccc6c45)ccc3c3c4ccccc4ccc32)cc1. The Kier molecular flexibility index (Phi) is 6.64. The molecule has 1 aliphatic rings. The molecule has 15 aromatic rings. The van der Waals surface area contributed by atoms with E-state index in [4.69, 9.17) is 9.97 Å². The zero-order valence-corrected chi connectivity index (χ0v) is 36.0. The van der Waals surface area contributed by atoms with Crippen molar-refractivity contribution in [1.29, 1.82) is 0 Å². The number of rotatable bonds is 4. The molecule has 0 bridgehead atoms. The quantitative estimate of drug-likeness (QED) is 0.177. The van der Waals surface area contributed by atoms with Gasteiger partial charge in [-0.1, -0.05) is 133 Å². The van der Waals surface area contributed by atoms with E-state index in [0.29, 0.717) is 5.95 Å². The summed E-state index contributed by atoms with van der Waals surface area (Å²) in [6, 6.07) is 73.2. The Labute approximate surface area is 380 Å². The monoisotopic (exact) mass is 855 g/mol. The van der Waals surface area contributed by atoms with E-state index in [2.05, 4.69) is 214 Å². The number of para-hydroxylation sites is 2. The lowest BCUT2D eigenvalue weighted by atomic mass is 9.95. The van der Waals surface area contributed by atoms with Crippen molar-refractivity contribution in [2.24, 2.45) is 0 Å². The van der Waals surface area contributed by atoms with Crippen molar-refractivity contribution in [2.45, 2.75) is 0 Å². The summed E-state index contributed by atoms with van der Waals surface area (Å²) in [5.41, 5.74) is 13.7. The van der Waals surface area contributed by atoms with Crippen molar-refractivity contribution >= 4 is 119 Å². The van der Waals surface area contributed by atoms with Crippen LogP contribution in [0.3, 0.4) is 0 Å². The molecule has 0 atom stereocenters. The number of nitrogens with zero attached hydrogens (tertiary/aromatic N) is 5. The molecule has 0 spiro atoms. The molecular weight excluding hydrogens is 823 g/mol. The highest BCUT2D eigenvalue weighted by Crippen LogP contribution is 2.52. The molecule has 0 fully saturated rings. The average molecular weight is 856 g/mol. The third-order valence-corrected chi connectivity index (χ3v) is 15.4. The molecule has 0 N–H and O–H groups in total. The predicted octanol–water partition coefficient (Wildman–Crippen LogP) is 16.1. The van der Waals surface area contributed by atoms with E-state index in [0.717, 1.165) is 49.4 Å². The Bertz CT molecular complexity index is 4630. The molecule has 5 heterocycles. The van der Waals surface area contributed by atoms with Gasteiger partial charge in [0.15, 0.2) is 0 Å². The van der Waals surface area contributed by atoms with Gasteiger partial charge >= 0.3 is 0 Å². The summed E-state index contributed by atoms with van der Waals surface area (Å²) in [6.45, 7) is 0. The van der Waals surface area contributed by atoms with Crippen LogP contribution in [-0.2, 0) is 0 Å². The van der Waals surface area contributed by atoms with Crippen molar-refractivity contribution in [3.8, 4) is 39.7 Å². The molecule has 0 unspecified atom stereocenters. The van der Waals surface area contributed by atoms with Crippen molar-refractivity contribution in [1.82, 2.24) is 23.7 Å². The summed E-state index contributed by atoms with van der Waals surface area (Å²) in [5.74, 6) is 0.668. The highest BCUT2D eigenvalue weighted by molar-refractivity contribution is 7.25. The lowest BCUT2D eigenvalue weighted by Gasteiger charge is -2.13. The number of benzene rings is 10. The van der Waals surface area contributed by atoms with Crippen LogP contribution in [0.2, 0.25) is 0 Å². The van der Waals surface area contributed by atoms with Gasteiger partial charge in [0, 0.05) is 64.7 Å². The fourth-order valence-electron chi connectivity index (χ4n) is 11.7. The Morgan fingerprint density at radius 1 is 0.333 bits per heavy atom. The van der Waals surface area contributed by atoms with Gasteiger partial charge in [0.2, 0.25) is 5.95 Å². The van der Waals surface area contributed by atoms with Crippen molar-refractivity contribution < 1.29 is 0 Å². The fraction of sp³-hybridized carbons (Fsp3) is 0. The zero-order valence-electron chi connectivity index (χ0n) is 35.2. The lowest BCUT2D eigenvalue weighted by molar-refractivity contribution is 1.02. The molecule has 0 amide bonds. The summed E-state index contributed by atoms with van der Waals surface area (Å²) in [4.78, 5) is 12.3. The van der Waals surface area contributed by atoms with Crippen LogP contribution >= 0.6 is 11.3 Å². The molecule has 16 rings (SSSR count). The van der Waals surface area contributed by atoms with Crippen LogP contribution in [0.15, 0.2) is 200 Å². The van der Waals surface area contributed by atoms with Gasteiger partial charge in [0.05, 0.1) is 38.8 Å². The maximum atomic E-state index is 5.77. The third kappa shape index (κ3) is 4.39. The summed E-state index contributed by atoms with van der Waals surface area (Å²) in [6.07, 6.45) is 0. The largest absolute Gasteiger partial charge is 0.309 e. The van der Waals surface area contributed by atoms with E-state index in [1.54, 1.807) is 11.3 Å². The highest BCUT2D eigenvalue weighted by Gasteiger charge is 2.29. The first-order chi connectivity index (χ1) is 32.8. The Balaban J connectivity index is 1.04. The van der Waals surface area contributed by atoms with E-state index in [-0.39, 0.29) is 0 Å². The van der Waals surface area contributed by atoms with E-state index < -0.39 is 0 Å². The standard InChI is InChI=1S/C60H33N5S/c1-3-15-37(16-4-1)63-46-30-27-35-14-11-21-40-41-22-12-23-44-53(41)56-48(32-31-47(63)57(56)55(46)51(35)40)65(44)60-61-58(54-43-20-9-10-24-50(43)66-59(54)62-60)36-25-28-42-49(33-36)64(38-17-5-2-6-18-38)45-29-26-34-13-7-8-19-39(34)52(42)45/h1-33H. The van der Waals surface area contributed by atoms with E-state index >= 15 is 0 Å². The number of thiophene rings is 1. The van der Waals surface area contributed by atoms with Gasteiger partial charge in [0.1, 0.15) is 4.83 Å². The maximum absolute atomic E-state index is 5.77. The van der Waals surface area contributed by atoms with Crippen LogP contribution in [0.4, 0.5) is 0 Å². The molecule has 10 aromatic carbocycles. The topological polar surface area (TPSA) is 40.6 Å². The van der Waals surface area contributed by atoms with Gasteiger partial charge in [-0.25, -0.2) is 9.97 Å². The second-order valence-corrected chi connectivity index (χ2v) is 18.7.